The predicted octanol–water partition coefficient (Wildman–Crippen LogP) is 0.642. The molecule has 0 radical (unpaired) electrons. The lowest BCUT2D eigenvalue weighted by molar-refractivity contribution is -0.150. The molecule has 2 amide bonds. The molecule has 0 aliphatic carbocycles. The third-order valence-electron chi connectivity index (χ3n) is 3.05. The fourth-order valence-electron chi connectivity index (χ4n) is 1.69. The maximum atomic E-state index is 11.6. The molecule has 0 fully saturated rings. The fourth-order valence-corrected chi connectivity index (χ4v) is 1.69. The van der Waals surface area contributed by atoms with Crippen molar-refractivity contribution in [3.05, 3.63) is 29.3 Å². The zero-order valence-corrected chi connectivity index (χ0v) is 13.5. The van der Waals surface area contributed by atoms with Crippen LogP contribution in [-0.4, -0.2) is 37.5 Å². The number of ether oxygens (including phenoxy) is 2. The van der Waals surface area contributed by atoms with Crippen molar-refractivity contribution in [2.75, 3.05) is 19.8 Å². The first-order chi connectivity index (χ1) is 10.8. The van der Waals surface area contributed by atoms with Crippen molar-refractivity contribution in [2.24, 2.45) is 5.73 Å². The molecule has 0 aliphatic heterocycles. The molecule has 1 aromatic carbocycles. The highest BCUT2D eigenvalue weighted by Gasteiger charge is 2.11. The molecule has 0 heterocycles. The Hall–Kier alpha value is -2.57. The summed E-state index contributed by atoms with van der Waals surface area (Å²) in [5.41, 5.74) is 6.88. The number of primary amides is 1. The van der Waals surface area contributed by atoms with Crippen molar-refractivity contribution in [1.82, 2.24) is 5.32 Å². The number of amides is 2. The first-order valence-electron chi connectivity index (χ1n) is 7.23. The van der Waals surface area contributed by atoms with Crippen LogP contribution in [0.15, 0.2) is 18.2 Å². The van der Waals surface area contributed by atoms with Crippen LogP contribution < -0.4 is 15.8 Å². The van der Waals surface area contributed by atoms with E-state index < -0.39 is 24.4 Å². The smallest absolute Gasteiger partial charge is 0.344 e. The molecular weight excluding hydrogens is 300 g/mol. The number of hydrogen-bond acceptors (Lipinski definition) is 5. The average molecular weight is 322 g/mol. The van der Waals surface area contributed by atoms with Gasteiger partial charge in [0.05, 0.1) is 6.54 Å². The van der Waals surface area contributed by atoms with Crippen molar-refractivity contribution in [1.29, 1.82) is 0 Å². The van der Waals surface area contributed by atoms with Crippen LogP contribution in [0.4, 0.5) is 0 Å². The maximum Gasteiger partial charge on any atom is 0.344 e. The van der Waals surface area contributed by atoms with Crippen LogP contribution in [0.25, 0.3) is 0 Å². The zero-order chi connectivity index (χ0) is 17.4. The highest BCUT2D eigenvalue weighted by Crippen LogP contribution is 2.24. The molecule has 7 heteroatoms. The number of hydrogen-bond donors (Lipinski definition) is 2. The van der Waals surface area contributed by atoms with Gasteiger partial charge in [-0.05, 0) is 30.0 Å². The van der Waals surface area contributed by atoms with E-state index in [1.165, 1.54) is 0 Å². The number of carbonyl (C=O) groups is 3. The molecule has 0 aromatic heterocycles. The molecule has 0 spiro atoms. The number of aryl methyl sites for hydroxylation is 1. The molecule has 0 bridgehead atoms. The van der Waals surface area contributed by atoms with Crippen molar-refractivity contribution >= 4 is 17.8 Å². The van der Waals surface area contributed by atoms with E-state index in [1.54, 1.807) is 0 Å². The molecule has 0 unspecified atom stereocenters. The van der Waals surface area contributed by atoms with Gasteiger partial charge >= 0.3 is 5.97 Å². The topological polar surface area (TPSA) is 108 Å². The number of esters is 1. The lowest BCUT2D eigenvalue weighted by Crippen LogP contribution is -2.36. The van der Waals surface area contributed by atoms with Crippen LogP contribution in [0.1, 0.15) is 30.9 Å². The minimum atomic E-state index is -0.673. The van der Waals surface area contributed by atoms with Gasteiger partial charge in [-0.1, -0.05) is 26.0 Å². The third kappa shape index (κ3) is 6.82. The van der Waals surface area contributed by atoms with Crippen LogP contribution in [0, 0.1) is 6.92 Å². The Labute approximate surface area is 135 Å². The minimum absolute atomic E-state index is 0.298. The molecule has 7 nitrogen and oxygen atoms in total. The molecular formula is C16H22N2O5. The highest BCUT2D eigenvalue weighted by atomic mass is 16.6. The SMILES string of the molecule is Cc1ccc(C(C)C)cc1OCC(=O)OCC(=O)NCC(N)=O. The molecule has 1 aromatic rings. The first kappa shape index (κ1) is 18.5. The van der Waals surface area contributed by atoms with E-state index in [0.717, 1.165) is 11.1 Å². The molecule has 0 saturated carbocycles. The lowest BCUT2D eigenvalue weighted by atomic mass is 10.0. The second-order valence-corrected chi connectivity index (χ2v) is 5.37. The predicted molar refractivity (Wildman–Crippen MR) is 83.9 cm³/mol. The van der Waals surface area contributed by atoms with E-state index in [2.05, 4.69) is 19.2 Å². The van der Waals surface area contributed by atoms with Crippen molar-refractivity contribution in [3.8, 4) is 5.75 Å². The van der Waals surface area contributed by atoms with E-state index >= 15 is 0 Å². The van der Waals surface area contributed by atoms with Gasteiger partial charge in [0.25, 0.3) is 5.91 Å². The standard InChI is InChI=1S/C16H22N2O5/c1-10(2)12-5-4-11(3)13(6-12)22-9-16(21)23-8-15(20)18-7-14(17)19/h4-6,10H,7-9H2,1-3H3,(H2,17,19)(H,18,20). The van der Waals surface area contributed by atoms with Gasteiger partial charge < -0.3 is 20.5 Å². The van der Waals surface area contributed by atoms with E-state index in [1.807, 2.05) is 25.1 Å². The Kier molecular flexibility index (Phi) is 7.05. The second-order valence-electron chi connectivity index (χ2n) is 5.37. The Morgan fingerprint density at radius 2 is 1.91 bits per heavy atom. The van der Waals surface area contributed by atoms with Crippen molar-refractivity contribution in [3.63, 3.8) is 0 Å². The number of rotatable bonds is 8. The summed E-state index contributed by atoms with van der Waals surface area (Å²) in [5, 5.41) is 2.21. The van der Waals surface area contributed by atoms with Gasteiger partial charge in [-0.3, -0.25) is 9.59 Å². The van der Waals surface area contributed by atoms with Crippen LogP contribution in [0.3, 0.4) is 0 Å². The molecule has 1 rings (SSSR count). The van der Waals surface area contributed by atoms with Gasteiger partial charge in [-0.15, -0.1) is 0 Å². The summed E-state index contributed by atoms with van der Waals surface area (Å²) < 4.78 is 10.2. The molecule has 0 aliphatic rings. The van der Waals surface area contributed by atoms with Gasteiger partial charge in [0, 0.05) is 0 Å². The van der Waals surface area contributed by atoms with E-state index in [9.17, 15) is 14.4 Å². The summed E-state index contributed by atoms with van der Waals surface area (Å²) in [5.74, 6) is -0.998. The average Bonchev–Trinajstić information content (AvgIpc) is 2.49. The van der Waals surface area contributed by atoms with E-state index in [-0.39, 0.29) is 13.2 Å². The summed E-state index contributed by atoms with van der Waals surface area (Å²) in [4.78, 5) is 33.3. The normalized spacial score (nSPS) is 10.3. The summed E-state index contributed by atoms with van der Waals surface area (Å²) in [6.07, 6.45) is 0. The van der Waals surface area contributed by atoms with Crippen molar-refractivity contribution in [2.45, 2.75) is 26.7 Å². The molecule has 3 N–H and O–H groups in total. The van der Waals surface area contributed by atoms with Gasteiger partial charge in [0.1, 0.15) is 5.75 Å². The van der Waals surface area contributed by atoms with Crippen LogP contribution in [0.5, 0.6) is 5.75 Å². The van der Waals surface area contributed by atoms with Gasteiger partial charge in [0.15, 0.2) is 13.2 Å². The Balaban J connectivity index is 2.43. The highest BCUT2D eigenvalue weighted by molar-refractivity contribution is 5.85. The number of nitrogens with two attached hydrogens (primary N) is 1. The Morgan fingerprint density at radius 3 is 2.52 bits per heavy atom. The Bertz CT molecular complexity index is 584. The fraction of sp³-hybridized carbons (Fsp3) is 0.438. The largest absolute Gasteiger partial charge is 0.482 e. The summed E-state index contributed by atoms with van der Waals surface area (Å²) in [7, 11) is 0. The Morgan fingerprint density at radius 1 is 1.22 bits per heavy atom. The minimum Gasteiger partial charge on any atom is -0.482 e. The monoisotopic (exact) mass is 322 g/mol. The zero-order valence-electron chi connectivity index (χ0n) is 13.5. The molecule has 0 saturated heterocycles. The molecule has 126 valence electrons. The van der Waals surface area contributed by atoms with Crippen LogP contribution >= 0.6 is 0 Å². The maximum absolute atomic E-state index is 11.6. The number of nitrogens with one attached hydrogen (secondary N) is 1. The first-order valence-corrected chi connectivity index (χ1v) is 7.23. The van der Waals surface area contributed by atoms with Gasteiger partial charge in [0.2, 0.25) is 5.91 Å². The van der Waals surface area contributed by atoms with Crippen LogP contribution in [0.2, 0.25) is 0 Å². The lowest BCUT2D eigenvalue weighted by Gasteiger charge is -2.12. The molecule has 23 heavy (non-hydrogen) atoms. The number of benzene rings is 1. The quantitative estimate of drug-likeness (QED) is 0.683. The summed E-state index contributed by atoms with van der Waals surface area (Å²) in [6.45, 7) is 4.92. The second kappa shape index (κ2) is 8.77. The van der Waals surface area contributed by atoms with Gasteiger partial charge in [-0.25, -0.2) is 4.79 Å². The third-order valence-corrected chi connectivity index (χ3v) is 3.05. The van der Waals surface area contributed by atoms with E-state index in [0.29, 0.717) is 11.7 Å². The van der Waals surface area contributed by atoms with Gasteiger partial charge in [-0.2, -0.15) is 0 Å². The van der Waals surface area contributed by atoms with E-state index in [4.69, 9.17) is 15.2 Å². The molecule has 0 atom stereocenters. The van der Waals surface area contributed by atoms with Crippen LogP contribution in [-0.2, 0) is 19.1 Å². The summed E-state index contributed by atoms with van der Waals surface area (Å²) >= 11 is 0. The van der Waals surface area contributed by atoms with Crippen molar-refractivity contribution < 1.29 is 23.9 Å². The summed E-state index contributed by atoms with van der Waals surface area (Å²) in [6, 6.07) is 5.81. The number of carbonyl (C=O) groups excluding carboxylic acids is 3.